The standard InChI is InChI=1S/C45H53F3N4O2.C35H48N4O.C20H25N3O/c1-3-5-27-50(28-6-4-2)41-24-19-39(20-25-41)35-52(43(53)26-21-36-17-22-40(23-18-36)45(46,47)48)42(33-37-13-9-7-10-14-37)44(54)51-31-29-49(30-32-51)34-38-15-11-8-12-16-38;1-3-5-21-38(22-6-4-2)33-19-17-31(18-20-33)28-36-34(27-30-13-9-7-10-14-30)35(40)39-25-23-37(24-26-39)29-32-15-11-8-12-16-32;21-19(15-17-7-3-1-4-8-17)20(24)23-13-11-22(12-14-23)16-18-9-5-2-6-10-18/h7-26,42H,3-6,27-35H2,1-2H3;7-20,34,36H,3-6,21-29H2,1-2H3;1-10,19H,11-16,21H2/b26-21+;;/t42-;34-;19-/m000/s1. The summed E-state index contributed by atoms with van der Waals surface area (Å²) in [5, 5.41) is 3.63. The quantitative estimate of drug-likeness (QED) is 0.0360. The highest BCUT2D eigenvalue weighted by atomic mass is 19.4. The molecule has 0 unspecified atom stereocenters. The van der Waals surface area contributed by atoms with Gasteiger partial charge in [0.05, 0.1) is 17.6 Å². The van der Waals surface area contributed by atoms with Crippen molar-refractivity contribution in [1.29, 1.82) is 0 Å². The minimum atomic E-state index is -4.45. The Morgan fingerprint density at radius 3 is 1.10 bits per heavy atom. The van der Waals surface area contributed by atoms with Gasteiger partial charge in [-0.05, 0) is 131 Å². The first kappa shape index (κ1) is 90.1. The van der Waals surface area contributed by atoms with Gasteiger partial charge in [-0.1, -0.05) is 272 Å². The van der Waals surface area contributed by atoms with Gasteiger partial charge in [-0.25, -0.2) is 0 Å². The fraction of sp³-hybridized carbons (Fsp3) is 0.400. The first-order valence-corrected chi connectivity index (χ1v) is 43.1. The maximum absolute atomic E-state index is 14.6. The van der Waals surface area contributed by atoms with E-state index in [2.05, 4.69) is 190 Å². The number of halogens is 3. The lowest BCUT2D eigenvalue weighted by Gasteiger charge is -2.39. The molecule has 3 fully saturated rings. The summed E-state index contributed by atoms with van der Waals surface area (Å²) < 4.78 is 39.7. The maximum Gasteiger partial charge on any atom is 0.416 e. The Hall–Kier alpha value is -10.2. The van der Waals surface area contributed by atoms with Crippen LogP contribution in [0.4, 0.5) is 24.5 Å². The van der Waals surface area contributed by atoms with Crippen LogP contribution in [0.15, 0.2) is 261 Å². The summed E-state index contributed by atoms with van der Waals surface area (Å²) in [7, 11) is 0. The number of nitrogens with one attached hydrogen (secondary N) is 1. The monoisotopic (exact) mass is 1600 g/mol. The van der Waals surface area contributed by atoms with E-state index in [0.29, 0.717) is 57.5 Å². The lowest BCUT2D eigenvalue weighted by Crippen LogP contribution is -2.56. The fourth-order valence-electron chi connectivity index (χ4n) is 15.4. The zero-order valence-corrected chi connectivity index (χ0v) is 70.1. The first-order chi connectivity index (χ1) is 57.5. The lowest BCUT2D eigenvalue weighted by molar-refractivity contribution is -0.145. The van der Waals surface area contributed by atoms with E-state index in [0.717, 1.165) is 158 Å². The third kappa shape index (κ3) is 29.7. The number of nitrogens with zero attached hydrogens (tertiary/aromatic N) is 9. The first-order valence-electron chi connectivity index (χ1n) is 43.1. The number of carbonyl (C=O) groups is 4. The van der Waals surface area contributed by atoms with Crippen molar-refractivity contribution in [2.24, 2.45) is 5.73 Å². The lowest BCUT2D eigenvalue weighted by atomic mass is 10.0. The summed E-state index contributed by atoms with van der Waals surface area (Å²) in [6, 6.07) is 81.9. The molecule has 3 aliphatic rings. The van der Waals surface area contributed by atoms with Crippen molar-refractivity contribution in [2.45, 2.75) is 155 Å². The highest BCUT2D eigenvalue weighted by Gasteiger charge is 2.36. The minimum Gasteiger partial charge on any atom is -0.372 e. The van der Waals surface area contributed by atoms with E-state index in [4.69, 9.17) is 5.73 Å². The molecule has 4 amide bonds. The molecule has 3 saturated heterocycles. The van der Waals surface area contributed by atoms with Gasteiger partial charge in [-0.2, -0.15) is 13.2 Å². The number of hydrogen-bond acceptors (Lipinski definition) is 11. The van der Waals surface area contributed by atoms with Crippen molar-refractivity contribution >= 4 is 41.1 Å². The average molecular weight is 1600 g/mol. The summed E-state index contributed by atoms with van der Waals surface area (Å²) in [5.74, 6) is -0.219. The summed E-state index contributed by atoms with van der Waals surface area (Å²) in [6.45, 7) is 25.8. The van der Waals surface area contributed by atoms with Crippen LogP contribution in [0, 0.1) is 0 Å². The van der Waals surface area contributed by atoms with Crippen molar-refractivity contribution < 1.29 is 32.3 Å². The summed E-state index contributed by atoms with van der Waals surface area (Å²) in [6.07, 6.45) is 9.34. The number of piperazine rings is 3. The third-order valence-corrected chi connectivity index (χ3v) is 22.5. The third-order valence-electron chi connectivity index (χ3n) is 22.5. The van der Waals surface area contributed by atoms with Crippen molar-refractivity contribution in [3.8, 4) is 0 Å². The molecule has 18 heteroatoms. The van der Waals surface area contributed by atoms with Gasteiger partial charge in [-0.3, -0.25) is 33.9 Å². The molecule has 118 heavy (non-hydrogen) atoms. The van der Waals surface area contributed by atoms with E-state index < -0.39 is 23.8 Å². The second-order valence-corrected chi connectivity index (χ2v) is 31.5. The van der Waals surface area contributed by atoms with E-state index >= 15 is 0 Å². The second-order valence-electron chi connectivity index (χ2n) is 31.5. The Morgan fingerprint density at radius 1 is 0.390 bits per heavy atom. The normalized spacial score (nSPS) is 14.9. The average Bonchev–Trinajstić information content (AvgIpc) is 0.806. The van der Waals surface area contributed by atoms with Crippen molar-refractivity contribution in [3.05, 3.63) is 316 Å². The van der Waals surface area contributed by atoms with Crippen LogP contribution in [-0.2, 0) is 77.3 Å². The molecule has 3 aliphatic heterocycles. The van der Waals surface area contributed by atoms with Crippen molar-refractivity contribution in [2.75, 3.05) is 115 Å². The molecule has 0 bridgehead atoms. The van der Waals surface area contributed by atoms with Crippen LogP contribution in [0.2, 0.25) is 0 Å². The Labute approximate surface area is 701 Å². The van der Waals surface area contributed by atoms with Gasteiger partial charge in [0, 0.05) is 161 Å². The Morgan fingerprint density at radius 2 is 0.729 bits per heavy atom. The van der Waals surface area contributed by atoms with E-state index in [1.165, 1.54) is 83.5 Å². The van der Waals surface area contributed by atoms with Gasteiger partial charge in [0.15, 0.2) is 0 Å². The molecule has 3 N–H and O–H groups in total. The van der Waals surface area contributed by atoms with E-state index in [1.807, 2.05) is 113 Å². The number of anilines is 2. The van der Waals surface area contributed by atoms with E-state index in [-0.39, 0.29) is 36.2 Å². The topological polar surface area (TPSA) is 135 Å². The molecule has 0 aromatic heterocycles. The van der Waals surface area contributed by atoms with Crippen LogP contribution in [0.25, 0.3) is 6.08 Å². The summed E-state index contributed by atoms with van der Waals surface area (Å²) in [5.41, 5.74) is 17.5. The Bertz CT molecular complexity index is 4340. The molecule has 9 aromatic rings. The largest absolute Gasteiger partial charge is 0.416 e. The number of hydrogen-bond donors (Lipinski definition) is 2. The molecule has 9 aromatic carbocycles. The fourth-order valence-corrected chi connectivity index (χ4v) is 15.4. The van der Waals surface area contributed by atoms with Crippen LogP contribution < -0.4 is 20.9 Å². The van der Waals surface area contributed by atoms with Gasteiger partial charge >= 0.3 is 6.18 Å². The number of benzene rings is 9. The maximum atomic E-state index is 14.6. The van der Waals surface area contributed by atoms with Gasteiger partial charge in [0.1, 0.15) is 6.04 Å². The molecule has 0 aliphatic carbocycles. The molecule has 3 heterocycles. The van der Waals surface area contributed by atoms with Gasteiger partial charge in [-0.15, -0.1) is 0 Å². The number of rotatable bonds is 37. The zero-order chi connectivity index (χ0) is 83.1. The summed E-state index contributed by atoms with van der Waals surface area (Å²) >= 11 is 0. The van der Waals surface area contributed by atoms with Gasteiger partial charge < -0.3 is 40.4 Å². The molecule has 15 nitrogen and oxygen atoms in total. The molecule has 0 spiro atoms. The zero-order valence-electron chi connectivity index (χ0n) is 70.1. The highest BCUT2D eigenvalue weighted by Crippen LogP contribution is 2.30. The Kier molecular flexibility index (Phi) is 37.1. The molecule has 12 rings (SSSR count). The molecular formula is C100H126F3N11O4. The number of nitrogens with two attached hydrogens (primary N) is 1. The predicted molar refractivity (Wildman–Crippen MR) is 476 cm³/mol. The second kappa shape index (κ2) is 48.6. The van der Waals surface area contributed by atoms with Crippen LogP contribution in [-0.4, -0.2) is 181 Å². The predicted octanol–water partition coefficient (Wildman–Crippen LogP) is 17.1. The van der Waals surface area contributed by atoms with Crippen molar-refractivity contribution in [1.82, 2.24) is 39.6 Å². The van der Waals surface area contributed by atoms with Gasteiger partial charge in [0.2, 0.25) is 23.6 Å². The highest BCUT2D eigenvalue weighted by molar-refractivity contribution is 5.96. The van der Waals surface area contributed by atoms with Crippen LogP contribution in [0.3, 0.4) is 0 Å². The molecule has 0 radical (unpaired) electrons. The number of amides is 4. The van der Waals surface area contributed by atoms with Crippen LogP contribution in [0.1, 0.15) is 135 Å². The number of unbranched alkanes of at least 4 members (excludes halogenated alkanes) is 4. The van der Waals surface area contributed by atoms with Crippen LogP contribution >= 0.6 is 0 Å². The smallest absolute Gasteiger partial charge is 0.372 e. The van der Waals surface area contributed by atoms with Gasteiger partial charge in [0.25, 0.3) is 0 Å². The van der Waals surface area contributed by atoms with Crippen LogP contribution in [0.5, 0.6) is 0 Å². The molecule has 626 valence electrons. The summed E-state index contributed by atoms with van der Waals surface area (Å²) in [4.78, 5) is 74.8. The SMILES string of the molecule is CCCCN(CCCC)c1ccc(CN(C(=O)/C=C/c2ccc(C(F)(F)F)cc2)[C@@H](Cc2ccccc2)C(=O)N2CCN(Cc3ccccc3)CC2)cc1.CCCCN(CCCC)c1ccc(CN[C@@H](Cc2ccccc2)C(=O)N2CCN(Cc3ccccc3)CC2)cc1.N[C@@H](Cc1ccccc1)C(=O)N1CCN(Cc2ccccc2)CC1. The van der Waals surface area contributed by atoms with E-state index in [1.54, 1.807) is 4.90 Å². The molecule has 0 saturated carbocycles. The minimum absolute atomic E-state index is 0.0678. The number of carbonyl (C=O) groups excluding carboxylic acids is 4. The molecular weight excluding hydrogens is 1480 g/mol. The Balaban J connectivity index is 0.000000200. The van der Waals surface area contributed by atoms with E-state index in [9.17, 15) is 32.3 Å². The molecule has 3 atom stereocenters. The number of alkyl halides is 3. The van der Waals surface area contributed by atoms with Crippen molar-refractivity contribution in [3.63, 3.8) is 0 Å².